The molecule has 0 aliphatic carbocycles. The van der Waals surface area contributed by atoms with Crippen molar-refractivity contribution in [2.45, 2.75) is 6.18 Å². The van der Waals surface area contributed by atoms with Gasteiger partial charge in [-0.15, -0.1) is 0 Å². The summed E-state index contributed by atoms with van der Waals surface area (Å²) in [5, 5.41) is 0.605. The second-order valence-electron chi connectivity index (χ2n) is 5.39. The molecule has 0 saturated carbocycles. The lowest BCUT2D eigenvalue weighted by Crippen LogP contribution is -2.27. The van der Waals surface area contributed by atoms with E-state index in [9.17, 15) is 22.8 Å². The number of benzene rings is 2. The molecule has 1 aromatic heterocycles. The first-order chi connectivity index (χ1) is 11.8. The zero-order chi connectivity index (χ0) is 18.2. The molecule has 0 spiro atoms. The molecular weight excluding hydrogens is 335 g/mol. The molecule has 7 heteroatoms. The lowest BCUT2D eigenvalue weighted by molar-refractivity contribution is -0.137. The molecule has 3 aromatic rings. The van der Waals surface area contributed by atoms with E-state index in [4.69, 9.17) is 4.42 Å². The average Bonchev–Trinajstić information content (AvgIpc) is 2.60. The molecule has 0 N–H and O–H groups in total. The molecule has 0 unspecified atom stereocenters. The summed E-state index contributed by atoms with van der Waals surface area (Å²) in [6.45, 7) is 0. The molecule has 0 bridgehead atoms. The summed E-state index contributed by atoms with van der Waals surface area (Å²) in [5.74, 6) is -0.584. The Labute approximate surface area is 140 Å². The average molecular weight is 347 g/mol. The quantitative estimate of drug-likeness (QED) is 0.702. The number of hydrogen-bond acceptors (Lipinski definition) is 3. The van der Waals surface area contributed by atoms with E-state index < -0.39 is 23.3 Å². The van der Waals surface area contributed by atoms with E-state index in [1.165, 1.54) is 25.2 Å². The van der Waals surface area contributed by atoms with Crippen LogP contribution in [0.3, 0.4) is 0 Å². The standard InChI is InChI=1S/C18H12F3NO3/c1-22(12-6-4-5-11(9-12)18(19,20)21)16(23)15-10-25-17(24)14-8-3-2-7-13(14)15/h2-10H,1H3. The minimum Gasteiger partial charge on any atom is -0.430 e. The summed E-state index contributed by atoms with van der Waals surface area (Å²) in [6, 6.07) is 10.8. The van der Waals surface area contributed by atoms with Gasteiger partial charge in [0.05, 0.1) is 16.5 Å². The molecule has 0 aliphatic heterocycles. The maximum absolute atomic E-state index is 12.9. The van der Waals surface area contributed by atoms with Gasteiger partial charge >= 0.3 is 11.8 Å². The molecule has 0 fully saturated rings. The van der Waals surface area contributed by atoms with Crippen molar-refractivity contribution in [2.24, 2.45) is 0 Å². The number of nitrogens with zero attached hydrogens (tertiary/aromatic N) is 1. The van der Waals surface area contributed by atoms with Gasteiger partial charge in [-0.25, -0.2) is 4.79 Å². The summed E-state index contributed by atoms with van der Waals surface area (Å²) < 4.78 is 43.4. The minimum absolute atomic E-state index is 0.0788. The second-order valence-corrected chi connectivity index (χ2v) is 5.39. The number of carbonyl (C=O) groups is 1. The number of fused-ring (bicyclic) bond motifs is 1. The van der Waals surface area contributed by atoms with E-state index >= 15 is 0 Å². The number of anilines is 1. The fourth-order valence-electron chi connectivity index (χ4n) is 2.49. The zero-order valence-corrected chi connectivity index (χ0v) is 13.0. The molecule has 2 aromatic carbocycles. The van der Waals surface area contributed by atoms with Gasteiger partial charge in [0.1, 0.15) is 6.26 Å². The predicted octanol–water partition coefficient (Wildman–Crippen LogP) is 4.09. The first-order valence-corrected chi connectivity index (χ1v) is 7.25. The van der Waals surface area contributed by atoms with Crippen LogP contribution in [0, 0.1) is 0 Å². The molecule has 3 rings (SSSR count). The van der Waals surface area contributed by atoms with Gasteiger partial charge in [-0.3, -0.25) is 4.79 Å². The van der Waals surface area contributed by atoms with E-state index in [0.717, 1.165) is 23.3 Å². The van der Waals surface area contributed by atoms with E-state index in [2.05, 4.69) is 0 Å². The molecule has 1 heterocycles. The van der Waals surface area contributed by atoms with E-state index in [-0.39, 0.29) is 16.6 Å². The maximum Gasteiger partial charge on any atom is 0.416 e. The van der Waals surface area contributed by atoms with Gasteiger partial charge in [0, 0.05) is 18.1 Å². The van der Waals surface area contributed by atoms with Gasteiger partial charge in [0.15, 0.2) is 0 Å². The van der Waals surface area contributed by atoms with Gasteiger partial charge in [-0.2, -0.15) is 13.2 Å². The highest BCUT2D eigenvalue weighted by Crippen LogP contribution is 2.32. The molecule has 0 atom stereocenters. The Hall–Kier alpha value is -3.09. The highest BCUT2D eigenvalue weighted by atomic mass is 19.4. The number of amides is 1. The van der Waals surface area contributed by atoms with Gasteiger partial charge in [-0.05, 0) is 24.3 Å². The van der Waals surface area contributed by atoms with E-state index in [1.807, 2.05) is 0 Å². The Morgan fingerprint density at radius 1 is 1.04 bits per heavy atom. The van der Waals surface area contributed by atoms with Crippen molar-refractivity contribution in [2.75, 3.05) is 11.9 Å². The van der Waals surface area contributed by atoms with Crippen molar-refractivity contribution < 1.29 is 22.4 Å². The second kappa shape index (κ2) is 6.08. The summed E-state index contributed by atoms with van der Waals surface area (Å²) in [6.07, 6.45) is -3.48. The molecular formula is C18H12F3NO3. The van der Waals surface area contributed by atoms with Crippen LogP contribution in [0.15, 0.2) is 64.0 Å². The van der Waals surface area contributed by atoms with Crippen molar-refractivity contribution in [3.63, 3.8) is 0 Å². The lowest BCUT2D eigenvalue weighted by atomic mass is 10.1. The van der Waals surface area contributed by atoms with Gasteiger partial charge in [0.25, 0.3) is 5.91 Å². The largest absolute Gasteiger partial charge is 0.430 e. The van der Waals surface area contributed by atoms with Crippen LogP contribution >= 0.6 is 0 Å². The van der Waals surface area contributed by atoms with Gasteiger partial charge in [0.2, 0.25) is 0 Å². The number of hydrogen-bond donors (Lipinski definition) is 0. The number of rotatable bonds is 2. The third kappa shape index (κ3) is 3.13. The van der Waals surface area contributed by atoms with Crippen LogP contribution in [-0.4, -0.2) is 13.0 Å². The zero-order valence-electron chi connectivity index (χ0n) is 13.0. The summed E-state index contributed by atoms with van der Waals surface area (Å²) in [4.78, 5) is 25.5. The van der Waals surface area contributed by atoms with Crippen LogP contribution in [0.5, 0.6) is 0 Å². The number of halogens is 3. The van der Waals surface area contributed by atoms with Crippen LogP contribution in [0.1, 0.15) is 15.9 Å². The van der Waals surface area contributed by atoms with Crippen LogP contribution in [-0.2, 0) is 6.18 Å². The van der Waals surface area contributed by atoms with E-state index in [0.29, 0.717) is 5.39 Å². The Balaban J connectivity index is 2.05. The molecule has 1 amide bonds. The van der Waals surface area contributed by atoms with Crippen molar-refractivity contribution in [1.29, 1.82) is 0 Å². The number of carbonyl (C=O) groups excluding carboxylic acids is 1. The lowest BCUT2D eigenvalue weighted by Gasteiger charge is -2.19. The van der Waals surface area contributed by atoms with Crippen molar-refractivity contribution in [3.8, 4) is 0 Å². The molecule has 0 saturated heterocycles. The van der Waals surface area contributed by atoms with Crippen molar-refractivity contribution in [3.05, 3.63) is 76.3 Å². The highest BCUT2D eigenvalue weighted by molar-refractivity contribution is 6.13. The van der Waals surface area contributed by atoms with Crippen molar-refractivity contribution >= 4 is 22.4 Å². The molecule has 25 heavy (non-hydrogen) atoms. The third-order valence-corrected chi connectivity index (χ3v) is 3.82. The SMILES string of the molecule is CN(C(=O)c1coc(=O)c2ccccc12)c1cccc(C(F)(F)F)c1. The maximum atomic E-state index is 12.9. The third-order valence-electron chi connectivity index (χ3n) is 3.82. The van der Waals surface area contributed by atoms with Crippen LogP contribution < -0.4 is 10.5 Å². The monoisotopic (exact) mass is 347 g/mol. The molecule has 128 valence electrons. The Morgan fingerprint density at radius 3 is 2.40 bits per heavy atom. The summed E-state index contributed by atoms with van der Waals surface area (Å²) in [7, 11) is 1.36. The first kappa shape index (κ1) is 16.8. The minimum atomic E-state index is -4.51. The van der Waals surface area contributed by atoms with Crippen LogP contribution in [0.25, 0.3) is 10.8 Å². The fraction of sp³-hybridized carbons (Fsp3) is 0.111. The Morgan fingerprint density at radius 2 is 1.72 bits per heavy atom. The fourth-order valence-corrected chi connectivity index (χ4v) is 2.49. The van der Waals surface area contributed by atoms with Crippen molar-refractivity contribution in [1.82, 2.24) is 0 Å². The topological polar surface area (TPSA) is 50.5 Å². The summed E-state index contributed by atoms with van der Waals surface area (Å²) in [5.41, 5.74) is -1.27. The van der Waals surface area contributed by atoms with Crippen LogP contribution in [0.2, 0.25) is 0 Å². The van der Waals surface area contributed by atoms with Gasteiger partial charge in [-0.1, -0.05) is 24.3 Å². The molecule has 4 nitrogen and oxygen atoms in total. The smallest absolute Gasteiger partial charge is 0.416 e. The molecule has 0 radical (unpaired) electrons. The highest BCUT2D eigenvalue weighted by Gasteiger charge is 2.31. The first-order valence-electron chi connectivity index (χ1n) is 7.25. The summed E-state index contributed by atoms with van der Waals surface area (Å²) >= 11 is 0. The number of alkyl halides is 3. The normalized spacial score (nSPS) is 11.5. The molecule has 0 aliphatic rings. The Bertz CT molecular complexity index is 1010. The van der Waals surface area contributed by atoms with Gasteiger partial charge < -0.3 is 9.32 Å². The van der Waals surface area contributed by atoms with E-state index in [1.54, 1.807) is 18.2 Å². The van der Waals surface area contributed by atoms with Crippen LogP contribution in [0.4, 0.5) is 18.9 Å². The Kier molecular flexibility index (Phi) is 4.08. The predicted molar refractivity (Wildman–Crippen MR) is 86.7 cm³/mol.